The van der Waals surface area contributed by atoms with Crippen molar-refractivity contribution in [1.82, 2.24) is 14.9 Å². The highest BCUT2D eigenvalue weighted by Crippen LogP contribution is 2.37. The molecule has 1 aromatic rings. The molecule has 10 heteroatoms. The van der Waals surface area contributed by atoms with Crippen LogP contribution < -0.4 is 16.7 Å². The Morgan fingerprint density at radius 3 is 2.68 bits per heavy atom. The molecule has 0 amide bonds. The second-order valence-electron chi connectivity index (χ2n) is 6.68. The van der Waals surface area contributed by atoms with E-state index in [2.05, 4.69) is 10.3 Å². The number of aromatic nitrogens is 2. The molecule has 1 aliphatic heterocycles. The lowest BCUT2D eigenvalue weighted by molar-refractivity contribution is -0.141. The molecule has 1 aliphatic rings. The normalized spacial score (nSPS) is 30.6. The monoisotopic (exact) mass is 356 g/mol. The average molecular weight is 356 g/mol. The molecule has 25 heavy (non-hydrogen) atoms. The average Bonchev–Trinajstić information content (AvgIpc) is 2.74. The van der Waals surface area contributed by atoms with Gasteiger partial charge in [0.25, 0.3) is 0 Å². The highest BCUT2D eigenvalue weighted by atomic mass is 16.6. The van der Waals surface area contributed by atoms with Gasteiger partial charge >= 0.3 is 11.7 Å². The molecule has 4 unspecified atom stereocenters. The maximum atomic E-state index is 12.1. The second kappa shape index (κ2) is 7.08. The first-order chi connectivity index (χ1) is 11.6. The van der Waals surface area contributed by atoms with Crippen LogP contribution in [0.3, 0.4) is 0 Å². The van der Waals surface area contributed by atoms with Gasteiger partial charge in [-0.1, -0.05) is 13.8 Å². The van der Waals surface area contributed by atoms with Gasteiger partial charge in [0.05, 0.1) is 12.6 Å². The van der Waals surface area contributed by atoms with E-state index in [0.29, 0.717) is 0 Å². The highest BCUT2D eigenvalue weighted by molar-refractivity contribution is 5.73. The van der Waals surface area contributed by atoms with Crippen molar-refractivity contribution >= 4 is 11.8 Å². The van der Waals surface area contributed by atoms with Crippen molar-refractivity contribution < 1.29 is 24.9 Å². The molecule has 0 aliphatic carbocycles. The fourth-order valence-corrected chi connectivity index (χ4v) is 3.03. The van der Waals surface area contributed by atoms with Crippen LogP contribution in [0.5, 0.6) is 0 Å². The van der Waals surface area contributed by atoms with Crippen molar-refractivity contribution in [2.45, 2.75) is 50.8 Å². The van der Waals surface area contributed by atoms with Crippen LogP contribution in [-0.2, 0) is 9.53 Å². The van der Waals surface area contributed by atoms with Gasteiger partial charge in [0, 0.05) is 6.20 Å². The zero-order chi connectivity index (χ0) is 18.9. The van der Waals surface area contributed by atoms with Crippen LogP contribution in [0.2, 0.25) is 0 Å². The van der Waals surface area contributed by atoms with E-state index < -0.39 is 48.3 Å². The summed E-state index contributed by atoms with van der Waals surface area (Å²) >= 11 is 0. The molecular formula is C15H24N4O6. The van der Waals surface area contributed by atoms with Crippen LogP contribution in [0.15, 0.2) is 17.1 Å². The molecule has 0 saturated carbocycles. The lowest BCUT2D eigenvalue weighted by atomic mass is 9.91. The van der Waals surface area contributed by atoms with Crippen molar-refractivity contribution in [3.05, 3.63) is 22.7 Å². The Bertz CT molecular complexity index is 689. The number of aliphatic hydroxyl groups is 2. The second-order valence-corrected chi connectivity index (χ2v) is 6.68. The number of hydrogen-bond acceptors (Lipinski definition) is 8. The molecule has 6 N–H and O–H groups in total. The Balaban J connectivity index is 2.38. The molecule has 0 aromatic carbocycles. The number of hydrogen-bond donors (Lipinski definition) is 5. The number of nitrogens with one attached hydrogen (secondary N) is 1. The van der Waals surface area contributed by atoms with Crippen molar-refractivity contribution in [3.8, 4) is 0 Å². The van der Waals surface area contributed by atoms with Crippen LogP contribution >= 0.6 is 0 Å². The largest absolute Gasteiger partial charge is 0.480 e. The lowest BCUT2D eigenvalue weighted by Gasteiger charge is -2.33. The third-order valence-corrected chi connectivity index (χ3v) is 4.38. The van der Waals surface area contributed by atoms with E-state index >= 15 is 0 Å². The molecule has 2 rings (SSSR count). The highest BCUT2D eigenvalue weighted by Gasteiger charge is 2.54. The van der Waals surface area contributed by atoms with E-state index in [4.69, 9.17) is 10.5 Å². The number of nitrogens with two attached hydrogens (primary N) is 1. The first-order valence-electron chi connectivity index (χ1n) is 7.91. The van der Waals surface area contributed by atoms with E-state index in [1.807, 2.05) is 0 Å². The van der Waals surface area contributed by atoms with Gasteiger partial charge in [-0.2, -0.15) is 4.98 Å². The summed E-state index contributed by atoms with van der Waals surface area (Å²) in [6.45, 7) is 4.38. The zero-order valence-corrected chi connectivity index (χ0v) is 14.3. The number of anilines is 1. The van der Waals surface area contributed by atoms with Crippen molar-refractivity contribution in [1.29, 1.82) is 0 Å². The number of carbonyl (C=O) groups is 1. The molecule has 1 fully saturated rings. The predicted molar refractivity (Wildman–Crippen MR) is 87.7 cm³/mol. The maximum absolute atomic E-state index is 12.1. The van der Waals surface area contributed by atoms with Crippen molar-refractivity contribution in [2.75, 3.05) is 12.3 Å². The van der Waals surface area contributed by atoms with E-state index in [0.717, 1.165) is 4.57 Å². The molecule has 0 bridgehead atoms. The summed E-state index contributed by atoms with van der Waals surface area (Å²) in [5.41, 5.74) is 3.06. The van der Waals surface area contributed by atoms with Gasteiger partial charge in [-0.05, 0) is 18.9 Å². The summed E-state index contributed by atoms with van der Waals surface area (Å²) in [7, 11) is 0. The topological polar surface area (TPSA) is 160 Å². The van der Waals surface area contributed by atoms with Gasteiger partial charge < -0.3 is 25.8 Å². The number of aliphatic hydroxyl groups excluding tert-OH is 1. The summed E-state index contributed by atoms with van der Waals surface area (Å²) in [5, 5.41) is 32.8. The van der Waals surface area contributed by atoms with Crippen LogP contribution in [0.1, 0.15) is 27.0 Å². The molecule has 1 saturated heterocycles. The molecular weight excluding hydrogens is 332 g/mol. The first-order valence-corrected chi connectivity index (χ1v) is 7.91. The number of nitrogens with zero attached hydrogens (tertiary/aromatic N) is 2. The Hall–Kier alpha value is -2.01. The van der Waals surface area contributed by atoms with Gasteiger partial charge in [0.2, 0.25) is 0 Å². The van der Waals surface area contributed by atoms with Gasteiger partial charge in [0.15, 0.2) is 6.23 Å². The quantitative estimate of drug-likeness (QED) is 0.410. The van der Waals surface area contributed by atoms with Crippen molar-refractivity contribution in [3.63, 3.8) is 0 Å². The predicted octanol–water partition coefficient (Wildman–Crippen LogP) is -1.47. The molecule has 2 heterocycles. The number of nitrogen functional groups attached to an aromatic ring is 1. The van der Waals surface area contributed by atoms with Crippen LogP contribution in [0, 0.1) is 5.92 Å². The number of carboxylic acids is 1. The van der Waals surface area contributed by atoms with Crippen LogP contribution in [0.25, 0.3) is 0 Å². The molecule has 5 atom stereocenters. The number of rotatable bonds is 6. The molecule has 0 radical (unpaired) electrons. The smallest absolute Gasteiger partial charge is 0.351 e. The first kappa shape index (κ1) is 19.3. The fourth-order valence-electron chi connectivity index (χ4n) is 3.03. The minimum atomic E-state index is -1.68. The standard InChI is InChI=1S/C15H24N4O6/c1-7(2)10(12(21)22)18-11-8(6-20)25-13(15(11,3)24)19-5-4-9(16)17-14(19)23/h4-5,7-8,10-11,13,18,20,24H,6H2,1-3H3,(H,21,22)(H2,16,17,23)/t8?,10-,11?,13?,15?/m1/s1. The zero-order valence-electron chi connectivity index (χ0n) is 14.3. The minimum Gasteiger partial charge on any atom is -0.480 e. The Morgan fingerprint density at radius 1 is 1.56 bits per heavy atom. The van der Waals surface area contributed by atoms with Gasteiger partial charge in [-0.3, -0.25) is 14.7 Å². The third-order valence-electron chi connectivity index (χ3n) is 4.38. The number of carboxylic acid groups (broad SMARTS) is 1. The summed E-state index contributed by atoms with van der Waals surface area (Å²) in [6.07, 6.45) is -0.744. The SMILES string of the molecule is CC(C)[C@@H](NC1C(CO)OC(n2ccc(N)nc2=O)C1(C)O)C(=O)O. The summed E-state index contributed by atoms with van der Waals surface area (Å²) in [6, 6.07) is -0.506. The van der Waals surface area contributed by atoms with E-state index in [-0.39, 0.29) is 11.7 Å². The number of ether oxygens (including phenoxy) is 1. The van der Waals surface area contributed by atoms with Crippen LogP contribution in [-0.4, -0.2) is 61.2 Å². The van der Waals surface area contributed by atoms with E-state index in [1.54, 1.807) is 13.8 Å². The van der Waals surface area contributed by atoms with E-state index in [1.165, 1.54) is 19.2 Å². The summed E-state index contributed by atoms with van der Waals surface area (Å²) in [4.78, 5) is 27.1. The Kier molecular flexibility index (Phi) is 5.47. The minimum absolute atomic E-state index is 0.0259. The number of aliphatic carboxylic acids is 1. The maximum Gasteiger partial charge on any atom is 0.351 e. The van der Waals surface area contributed by atoms with Gasteiger partial charge in [-0.25, -0.2) is 4.79 Å². The van der Waals surface area contributed by atoms with Gasteiger partial charge in [-0.15, -0.1) is 0 Å². The molecule has 0 spiro atoms. The Morgan fingerprint density at radius 2 is 2.20 bits per heavy atom. The summed E-state index contributed by atoms with van der Waals surface area (Å²) in [5.74, 6) is -1.33. The van der Waals surface area contributed by atoms with E-state index in [9.17, 15) is 24.9 Å². The fraction of sp³-hybridized carbons (Fsp3) is 0.667. The molecule has 10 nitrogen and oxygen atoms in total. The Labute approximate surface area is 144 Å². The third kappa shape index (κ3) is 3.66. The molecule has 140 valence electrons. The van der Waals surface area contributed by atoms with Gasteiger partial charge in [0.1, 0.15) is 23.6 Å². The van der Waals surface area contributed by atoms with Crippen molar-refractivity contribution in [2.24, 2.45) is 5.92 Å². The molecule has 1 aromatic heterocycles. The summed E-state index contributed by atoms with van der Waals surface area (Å²) < 4.78 is 6.69. The van der Waals surface area contributed by atoms with Crippen LogP contribution in [0.4, 0.5) is 5.82 Å². The lowest BCUT2D eigenvalue weighted by Crippen LogP contribution is -2.59.